The van der Waals surface area contributed by atoms with Gasteiger partial charge in [-0.15, -0.1) is 22.7 Å². The summed E-state index contributed by atoms with van der Waals surface area (Å²) in [7, 11) is 2.03. The van der Waals surface area contributed by atoms with E-state index in [1.54, 1.807) is 22.7 Å². The second-order valence-electron chi connectivity index (χ2n) is 7.01. The molecule has 0 radical (unpaired) electrons. The summed E-state index contributed by atoms with van der Waals surface area (Å²) in [5, 5.41) is 2.96. The molecule has 0 fully saturated rings. The van der Waals surface area contributed by atoms with Gasteiger partial charge in [0.25, 0.3) is 5.56 Å². The zero-order valence-corrected chi connectivity index (χ0v) is 16.5. The minimum Gasteiger partial charge on any atom is -0.340 e. The molecule has 3 aromatic rings. The highest BCUT2D eigenvalue weighted by Crippen LogP contribution is 2.35. The number of hydrogen-bond acceptors (Lipinski definition) is 5. The lowest BCUT2D eigenvalue weighted by molar-refractivity contribution is 0.566. The lowest BCUT2D eigenvalue weighted by Gasteiger charge is -2.24. The Morgan fingerprint density at radius 3 is 2.84 bits per heavy atom. The zero-order chi connectivity index (χ0) is 17.6. The molecule has 0 atom stereocenters. The van der Waals surface area contributed by atoms with E-state index >= 15 is 0 Å². The van der Waals surface area contributed by atoms with Gasteiger partial charge in [-0.25, -0.2) is 4.98 Å². The molecule has 6 heteroatoms. The van der Waals surface area contributed by atoms with Crippen molar-refractivity contribution < 1.29 is 0 Å². The summed E-state index contributed by atoms with van der Waals surface area (Å²) in [5.74, 6) is 0.777. The third kappa shape index (κ3) is 2.91. The minimum absolute atomic E-state index is 0.0873. The van der Waals surface area contributed by atoms with Crippen LogP contribution >= 0.6 is 22.7 Å². The first-order valence-electron chi connectivity index (χ1n) is 8.86. The van der Waals surface area contributed by atoms with Gasteiger partial charge in [-0.3, -0.25) is 9.36 Å². The Bertz CT molecular complexity index is 953. The van der Waals surface area contributed by atoms with Crippen LogP contribution in [0.4, 0.5) is 5.95 Å². The number of nitrogens with zero attached hydrogens (tertiary/aromatic N) is 3. The SMILES string of the molecule is CC(C)n1c(N(C)Cc2cccs2)nc2sc3c(c2c1=O)CCCC3. The molecule has 132 valence electrons. The van der Waals surface area contributed by atoms with Crippen LogP contribution in [0.2, 0.25) is 0 Å². The molecule has 4 rings (SSSR count). The van der Waals surface area contributed by atoms with Gasteiger partial charge in [-0.2, -0.15) is 0 Å². The molecule has 0 unspecified atom stereocenters. The Balaban J connectivity index is 1.88. The van der Waals surface area contributed by atoms with Gasteiger partial charge in [0, 0.05) is 22.8 Å². The molecule has 3 heterocycles. The van der Waals surface area contributed by atoms with Gasteiger partial charge in [0.05, 0.1) is 11.9 Å². The van der Waals surface area contributed by atoms with Crippen LogP contribution in [0.5, 0.6) is 0 Å². The predicted molar refractivity (Wildman–Crippen MR) is 107 cm³/mol. The van der Waals surface area contributed by atoms with E-state index in [-0.39, 0.29) is 11.6 Å². The van der Waals surface area contributed by atoms with E-state index in [0.717, 1.165) is 35.6 Å². The minimum atomic E-state index is 0.0873. The molecule has 4 nitrogen and oxygen atoms in total. The lowest BCUT2D eigenvalue weighted by atomic mass is 9.97. The van der Waals surface area contributed by atoms with Crippen LogP contribution in [0.1, 0.15) is 48.0 Å². The van der Waals surface area contributed by atoms with Gasteiger partial charge >= 0.3 is 0 Å². The second-order valence-corrected chi connectivity index (χ2v) is 9.12. The number of fused-ring (bicyclic) bond motifs is 3. The van der Waals surface area contributed by atoms with Crippen LogP contribution in [-0.2, 0) is 19.4 Å². The molecule has 0 aromatic carbocycles. The van der Waals surface area contributed by atoms with Crippen molar-refractivity contribution in [3.63, 3.8) is 0 Å². The number of rotatable bonds is 4. The van der Waals surface area contributed by atoms with Gasteiger partial charge in [-0.1, -0.05) is 6.07 Å². The van der Waals surface area contributed by atoms with Crippen molar-refractivity contribution >= 4 is 38.8 Å². The van der Waals surface area contributed by atoms with Crippen LogP contribution in [0.15, 0.2) is 22.3 Å². The molecule has 0 saturated carbocycles. The van der Waals surface area contributed by atoms with Crippen molar-refractivity contribution in [2.45, 2.75) is 52.1 Å². The third-order valence-electron chi connectivity index (χ3n) is 4.83. The summed E-state index contributed by atoms with van der Waals surface area (Å²) in [4.78, 5) is 24.0. The fourth-order valence-corrected chi connectivity index (χ4v) is 5.65. The zero-order valence-electron chi connectivity index (χ0n) is 14.9. The largest absolute Gasteiger partial charge is 0.340 e. The Labute approximate surface area is 155 Å². The second kappa shape index (κ2) is 6.57. The Hall–Kier alpha value is -1.66. The molecule has 0 bridgehead atoms. The molecule has 0 N–H and O–H groups in total. The highest BCUT2D eigenvalue weighted by atomic mass is 32.1. The highest BCUT2D eigenvalue weighted by molar-refractivity contribution is 7.18. The monoisotopic (exact) mass is 373 g/mol. The topological polar surface area (TPSA) is 38.1 Å². The fourth-order valence-electron chi connectivity index (χ4n) is 3.65. The van der Waals surface area contributed by atoms with Crippen molar-refractivity contribution in [1.82, 2.24) is 9.55 Å². The van der Waals surface area contributed by atoms with Crippen molar-refractivity contribution in [3.8, 4) is 0 Å². The molecule has 0 aliphatic heterocycles. The van der Waals surface area contributed by atoms with E-state index in [1.165, 1.54) is 28.2 Å². The van der Waals surface area contributed by atoms with Crippen LogP contribution in [0.3, 0.4) is 0 Å². The number of thiophene rings is 2. The van der Waals surface area contributed by atoms with Crippen LogP contribution in [-0.4, -0.2) is 16.6 Å². The van der Waals surface area contributed by atoms with Gasteiger partial charge in [0.2, 0.25) is 5.95 Å². The Kier molecular flexibility index (Phi) is 4.41. The maximum atomic E-state index is 13.3. The molecule has 3 aromatic heterocycles. The van der Waals surface area contributed by atoms with Crippen molar-refractivity contribution in [2.75, 3.05) is 11.9 Å². The average molecular weight is 374 g/mol. The maximum Gasteiger partial charge on any atom is 0.264 e. The van der Waals surface area contributed by atoms with E-state index < -0.39 is 0 Å². The highest BCUT2D eigenvalue weighted by Gasteiger charge is 2.24. The average Bonchev–Trinajstić information content (AvgIpc) is 3.20. The Morgan fingerprint density at radius 2 is 2.12 bits per heavy atom. The molecule has 25 heavy (non-hydrogen) atoms. The van der Waals surface area contributed by atoms with Crippen molar-refractivity contribution in [3.05, 3.63) is 43.2 Å². The first-order chi connectivity index (χ1) is 12.1. The molecule has 0 amide bonds. The molecule has 0 saturated heterocycles. The molecular formula is C19H23N3OS2. The predicted octanol–water partition coefficient (Wildman–Crippen LogP) is 4.62. The van der Waals surface area contributed by atoms with E-state index in [1.807, 2.05) is 11.6 Å². The number of aryl methyl sites for hydroxylation is 2. The van der Waals surface area contributed by atoms with E-state index in [0.29, 0.717) is 0 Å². The standard InChI is InChI=1S/C19H23N3OS2/c1-12(2)22-18(23)16-14-8-4-5-9-15(14)25-17(16)20-19(22)21(3)11-13-7-6-10-24-13/h6-7,10,12H,4-5,8-9,11H2,1-3H3. The summed E-state index contributed by atoms with van der Waals surface area (Å²) in [6, 6.07) is 4.28. The molecule has 0 spiro atoms. The van der Waals surface area contributed by atoms with E-state index in [2.05, 4.69) is 36.3 Å². The van der Waals surface area contributed by atoms with Crippen molar-refractivity contribution in [1.29, 1.82) is 0 Å². The normalized spacial score (nSPS) is 14.2. The molecular weight excluding hydrogens is 350 g/mol. The van der Waals surface area contributed by atoms with Crippen LogP contribution in [0.25, 0.3) is 10.2 Å². The van der Waals surface area contributed by atoms with Crippen LogP contribution in [0, 0.1) is 0 Å². The molecule has 1 aliphatic rings. The van der Waals surface area contributed by atoms with Crippen LogP contribution < -0.4 is 10.5 Å². The quantitative estimate of drug-likeness (QED) is 0.670. The van der Waals surface area contributed by atoms with Gasteiger partial charge < -0.3 is 4.90 Å². The summed E-state index contributed by atoms with van der Waals surface area (Å²) < 4.78 is 1.87. The smallest absolute Gasteiger partial charge is 0.264 e. The number of aromatic nitrogens is 2. The van der Waals surface area contributed by atoms with Gasteiger partial charge in [0.1, 0.15) is 4.83 Å². The lowest BCUT2D eigenvalue weighted by Crippen LogP contribution is -2.31. The maximum absolute atomic E-state index is 13.3. The summed E-state index contributed by atoms with van der Waals surface area (Å²) in [5.41, 5.74) is 1.40. The Morgan fingerprint density at radius 1 is 1.32 bits per heavy atom. The van der Waals surface area contributed by atoms with Gasteiger partial charge in [0.15, 0.2) is 0 Å². The van der Waals surface area contributed by atoms with Gasteiger partial charge in [-0.05, 0) is 56.5 Å². The van der Waals surface area contributed by atoms with Crippen molar-refractivity contribution in [2.24, 2.45) is 0 Å². The summed E-state index contributed by atoms with van der Waals surface area (Å²) >= 11 is 3.46. The third-order valence-corrected chi connectivity index (χ3v) is 6.88. The first kappa shape index (κ1) is 16.8. The number of hydrogen-bond donors (Lipinski definition) is 0. The van der Waals surface area contributed by atoms with E-state index in [9.17, 15) is 4.79 Å². The first-order valence-corrected chi connectivity index (χ1v) is 10.6. The fraction of sp³-hybridized carbons (Fsp3) is 0.474. The number of anilines is 1. The summed E-state index contributed by atoms with van der Waals surface area (Å²) in [6.45, 7) is 4.90. The summed E-state index contributed by atoms with van der Waals surface area (Å²) in [6.07, 6.45) is 4.52. The van der Waals surface area contributed by atoms with E-state index in [4.69, 9.17) is 4.98 Å². The molecule has 1 aliphatic carbocycles.